The summed E-state index contributed by atoms with van der Waals surface area (Å²) < 4.78 is 0. The van der Waals surface area contributed by atoms with E-state index in [1.807, 2.05) is 19.1 Å². The van der Waals surface area contributed by atoms with Gasteiger partial charge in [0.1, 0.15) is 0 Å². The third-order valence-electron chi connectivity index (χ3n) is 2.39. The molecule has 0 fully saturated rings. The Morgan fingerprint density at radius 2 is 2.11 bits per heavy atom. The summed E-state index contributed by atoms with van der Waals surface area (Å²) in [6, 6.07) is 10.7. The summed E-state index contributed by atoms with van der Waals surface area (Å²) in [5.41, 5.74) is 2.12. The second kappa shape index (κ2) is 5.60. The van der Waals surface area contributed by atoms with Crippen LogP contribution in [-0.2, 0) is 0 Å². The van der Waals surface area contributed by atoms with Crippen molar-refractivity contribution in [3.8, 4) is 11.3 Å². The number of amides is 1. The van der Waals surface area contributed by atoms with Gasteiger partial charge in [0.05, 0.1) is 5.69 Å². The van der Waals surface area contributed by atoms with Crippen molar-refractivity contribution in [3.63, 3.8) is 0 Å². The SMILES string of the molecule is CCNC(=O)c1cccc(-c2ccc(Cl)nn2)c1. The zero-order chi connectivity index (χ0) is 13.0. The topological polar surface area (TPSA) is 54.9 Å². The van der Waals surface area contributed by atoms with Gasteiger partial charge < -0.3 is 5.32 Å². The second-order valence-corrected chi connectivity index (χ2v) is 4.07. The number of benzene rings is 1. The highest BCUT2D eigenvalue weighted by Crippen LogP contribution is 2.18. The van der Waals surface area contributed by atoms with Crippen LogP contribution in [0.5, 0.6) is 0 Å². The summed E-state index contributed by atoms with van der Waals surface area (Å²) in [5, 5.41) is 10.9. The Morgan fingerprint density at radius 3 is 2.78 bits per heavy atom. The molecule has 18 heavy (non-hydrogen) atoms. The molecule has 1 N–H and O–H groups in total. The molecule has 2 rings (SSSR count). The summed E-state index contributed by atoms with van der Waals surface area (Å²) in [4.78, 5) is 11.7. The number of nitrogens with one attached hydrogen (secondary N) is 1. The normalized spacial score (nSPS) is 10.1. The van der Waals surface area contributed by atoms with Gasteiger partial charge in [-0.2, -0.15) is 0 Å². The summed E-state index contributed by atoms with van der Waals surface area (Å²) in [5.74, 6) is -0.0960. The van der Waals surface area contributed by atoms with Crippen LogP contribution in [0.3, 0.4) is 0 Å². The van der Waals surface area contributed by atoms with Gasteiger partial charge in [-0.1, -0.05) is 23.7 Å². The van der Waals surface area contributed by atoms with Crippen molar-refractivity contribution >= 4 is 17.5 Å². The van der Waals surface area contributed by atoms with Gasteiger partial charge in [0.25, 0.3) is 5.91 Å². The Hall–Kier alpha value is -1.94. The van der Waals surface area contributed by atoms with Crippen molar-refractivity contribution < 1.29 is 4.79 Å². The minimum Gasteiger partial charge on any atom is -0.352 e. The molecule has 0 unspecified atom stereocenters. The van der Waals surface area contributed by atoms with Crippen molar-refractivity contribution in [2.75, 3.05) is 6.54 Å². The van der Waals surface area contributed by atoms with E-state index in [9.17, 15) is 4.79 Å². The van der Waals surface area contributed by atoms with Crippen molar-refractivity contribution in [1.82, 2.24) is 15.5 Å². The zero-order valence-electron chi connectivity index (χ0n) is 9.85. The van der Waals surface area contributed by atoms with Crippen molar-refractivity contribution in [2.45, 2.75) is 6.92 Å². The number of carbonyl (C=O) groups excluding carboxylic acids is 1. The average Bonchev–Trinajstić information content (AvgIpc) is 2.40. The maximum atomic E-state index is 11.7. The standard InChI is InChI=1S/C13H12ClN3O/c1-2-15-13(18)10-5-3-4-9(8-10)11-6-7-12(14)17-16-11/h3-8H,2H2,1H3,(H,15,18). The van der Waals surface area contributed by atoms with Gasteiger partial charge in [-0.15, -0.1) is 10.2 Å². The molecule has 4 nitrogen and oxygen atoms in total. The number of nitrogens with zero attached hydrogens (tertiary/aromatic N) is 2. The molecule has 1 heterocycles. The highest BCUT2D eigenvalue weighted by atomic mass is 35.5. The highest BCUT2D eigenvalue weighted by molar-refractivity contribution is 6.29. The number of carbonyl (C=O) groups is 1. The third-order valence-corrected chi connectivity index (χ3v) is 2.59. The van der Waals surface area contributed by atoms with E-state index in [1.165, 1.54) is 0 Å². The molecule has 0 atom stereocenters. The second-order valence-electron chi connectivity index (χ2n) is 3.68. The minimum atomic E-state index is -0.0960. The van der Waals surface area contributed by atoms with E-state index in [0.717, 1.165) is 5.56 Å². The molecule has 0 saturated heterocycles. The summed E-state index contributed by atoms with van der Waals surface area (Å²) in [7, 11) is 0. The Kier molecular flexibility index (Phi) is 3.89. The zero-order valence-corrected chi connectivity index (χ0v) is 10.6. The maximum absolute atomic E-state index is 11.7. The van der Waals surface area contributed by atoms with E-state index in [-0.39, 0.29) is 5.91 Å². The lowest BCUT2D eigenvalue weighted by molar-refractivity contribution is 0.0956. The molecule has 0 saturated carbocycles. The number of halogens is 1. The molecule has 1 aromatic carbocycles. The molecule has 92 valence electrons. The largest absolute Gasteiger partial charge is 0.352 e. The monoisotopic (exact) mass is 261 g/mol. The lowest BCUT2D eigenvalue weighted by atomic mass is 10.1. The van der Waals surface area contributed by atoms with Crippen LogP contribution in [0.4, 0.5) is 0 Å². The Morgan fingerprint density at radius 1 is 1.28 bits per heavy atom. The molecule has 2 aromatic rings. The fraction of sp³-hybridized carbons (Fsp3) is 0.154. The molecule has 0 bridgehead atoms. The van der Waals surface area contributed by atoms with Crippen molar-refractivity contribution in [3.05, 3.63) is 47.1 Å². The predicted molar refractivity (Wildman–Crippen MR) is 70.5 cm³/mol. The van der Waals surface area contributed by atoms with Crippen molar-refractivity contribution in [2.24, 2.45) is 0 Å². The molecular formula is C13H12ClN3O. The van der Waals surface area contributed by atoms with Gasteiger partial charge in [-0.05, 0) is 31.2 Å². The van der Waals surface area contributed by atoms with E-state index < -0.39 is 0 Å². The summed E-state index contributed by atoms with van der Waals surface area (Å²) in [6.07, 6.45) is 0. The fourth-order valence-electron chi connectivity index (χ4n) is 1.55. The van der Waals surface area contributed by atoms with Gasteiger partial charge in [0.2, 0.25) is 0 Å². The summed E-state index contributed by atoms with van der Waals surface area (Å²) >= 11 is 5.68. The summed E-state index contributed by atoms with van der Waals surface area (Å²) in [6.45, 7) is 2.48. The molecule has 0 aliphatic carbocycles. The van der Waals surface area contributed by atoms with E-state index in [2.05, 4.69) is 15.5 Å². The minimum absolute atomic E-state index is 0.0960. The Labute approximate surface area is 110 Å². The van der Waals surface area contributed by atoms with Crippen LogP contribution >= 0.6 is 11.6 Å². The molecule has 0 aliphatic rings. The first-order chi connectivity index (χ1) is 8.70. The van der Waals surface area contributed by atoms with Gasteiger partial charge in [-0.3, -0.25) is 4.79 Å². The molecule has 0 spiro atoms. The van der Waals surface area contributed by atoms with E-state index in [0.29, 0.717) is 23.0 Å². The van der Waals surface area contributed by atoms with Crippen LogP contribution in [0.2, 0.25) is 5.15 Å². The first-order valence-corrected chi connectivity index (χ1v) is 5.96. The lowest BCUT2D eigenvalue weighted by Gasteiger charge is -2.04. The molecule has 0 aliphatic heterocycles. The van der Waals surface area contributed by atoms with Crippen LogP contribution in [0.1, 0.15) is 17.3 Å². The van der Waals surface area contributed by atoms with E-state index in [1.54, 1.807) is 24.3 Å². The van der Waals surface area contributed by atoms with Crippen LogP contribution < -0.4 is 5.32 Å². The third kappa shape index (κ3) is 2.84. The molecule has 0 radical (unpaired) electrons. The Bertz CT molecular complexity index is 554. The van der Waals surface area contributed by atoms with Crippen LogP contribution in [0, 0.1) is 0 Å². The molecule has 1 amide bonds. The number of hydrogen-bond donors (Lipinski definition) is 1. The van der Waals surface area contributed by atoms with Crippen LogP contribution in [0.25, 0.3) is 11.3 Å². The average molecular weight is 262 g/mol. The van der Waals surface area contributed by atoms with E-state index in [4.69, 9.17) is 11.6 Å². The lowest BCUT2D eigenvalue weighted by Crippen LogP contribution is -2.22. The van der Waals surface area contributed by atoms with E-state index >= 15 is 0 Å². The maximum Gasteiger partial charge on any atom is 0.251 e. The highest BCUT2D eigenvalue weighted by Gasteiger charge is 2.06. The predicted octanol–water partition coefficient (Wildman–Crippen LogP) is 2.55. The van der Waals surface area contributed by atoms with Gasteiger partial charge in [0.15, 0.2) is 5.15 Å². The number of rotatable bonds is 3. The quantitative estimate of drug-likeness (QED) is 0.924. The van der Waals surface area contributed by atoms with Gasteiger partial charge in [0, 0.05) is 17.7 Å². The van der Waals surface area contributed by atoms with Gasteiger partial charge in [-0.25, -0.2) is 0 Å². The molecule has 5 heteroatoms. The first-order valence-electron chi connectivity index (χ1n) is 5.58. The smallest absolute Gasteiger partial charge is 0.251 e. The fourth-order valence-corrected chi connectivity index (χ4v) is 1.65. The Balaban J connectivity index is 2.32. The van der Waals surface area contributed by atoms with Crippen LogP contribution in [0.15, 0.2) is 36.4 Å². The molecular weight excluding hydrogens is 250 g/mol. The number of aromatic nitrogens is 2. The van der Waals surface area contributed by atoms with Crippen LogP contribution in [-0.4, -0.2) is 22.6 Å². The van der Waals surface area contributed by atoms with Gasteiger partial charge >= 0.3 is 0 Å². The molecule has 1 aromatic heterocycles. The van der Waals surface area contributed by atoms with Crippen molar-refractivity contribution in [1.29, 1.82) is 0 Å². The first kappa shape index (κ1) is 12.5. The number of hydrogen-bond acceptors (Lipinski definition) is 3.